The van der Waals surface area contributed by atoms with Gasteiger partial charge in [0.1, 0.15) is 6.29 Å². The summed E-state index contributed by atoms with van der Waals surface area (Å²) in [6, 6.07) is 7.57. The van der Waals surface area contributed by atoms with E-state index >= 15 is 0 Å². The lowest BCUT2D eigenvalue weighted by molar-refractivity contribution is -0.109. The van der Waals surface area contributed by atoms with Crippen LogP contribution in [0.4, 0.5) is 0 Å². The molecule has 0 heterocycles. The molecule has 1 nitrogen and oxygen atoms in total. The zero-order valence-corrected chi connectivity index (χ0v) is 7.34. The van der Waals surface area contributed by atoms with Crippen LogP contribution in [-0.4, -0.2) is 6.29 Å². The van der Waals surface area contributed by atoms with Crippen molar-refractivity contribution in [2.45, 2.75) is 18.3 Å². The minimum Gasteiger partial charge on any atom is -0.302 e. The van der Waals surface area contributed by atoms with Gasteiger partial charge in [-0.2, -0.15) is 0 Å². The summed E-state index contributed by atoms with van der Waals surface area (Å²) < 4.78 is 0. The highest BCUT2D eigenvalue weighted by Gasteiger charge is 2.45. The first-order valence-corrected chi connectivity index (χ1v) is 4.38. The maximum Gasteiger partial charge on any atom is 0.130 e. The molecule has 0 spiro atoms. The lowest BCUT2D eigenvalue weighted by Crippen LogP contribution is -2.07. The number of carbonyl (C=O) groups excluding carboxylic acids is 1. The van der Waals surface area contributed by atoms with Crippen LogP contribution in [-0.2, 0) is 10.2 Å². The van der Waals surface area contributed by atoms with E-state index in [1.807, 2.05) is 24.3 Å². The molecule has 1 fully saturated rings. The number of hydrogen-bond donors (Lipinski definition) is 0. The summed E-state index contributed by atoms with van der Waals surface area (Å²) in [7, 11) is 0. The van der Waals surface area contributed by atoms with Crippen molar-refractivity contribution in [3.8, 4) is 0 Å². The van der Waals surface area contributed by atoms with Crippen LogP contribution in [0.3, 0.4) is 0 Å². The minimum absolute atomic E-state index is 0.238. The van der Waals surface area contributed by atoms with Crippen LogP contribution in [0, 0.1) is 0 Å². The molecule has 0 saturated heterocycles. The van der Waals surface area contributed by atoms with Gasteiger partial charge in [-0.05, 0) is 24.5 Å². The fourth-order valence-electron chi connectivity index (χ4n) is 1.45. The number of rotatable bonds is 2. The summed E-state index contributed by atoms with van der Waals surface area (Å²) in [5.41, 5.74) is 0.750. The Morgan fingerprint density at radius 1 is 1.33 bits per heavy atom. The second-order valence-corrected chi connectivity index (χ2v) is 3.66. The van der Waals surface area contributed by atoms with Gasteiger partial charge in [0.2, 0.25) is 0 Å². The van der Waals surface area contributed by atoms with Gasteiger partial charge in [-0.3, -0.25) is 0 Å². The van der Waals surface area contributed by atoms with Crippen molar-refractivity contribution in [2.24, 2.45) is 0 Å². The molecule has 2 rings (SSSR count). The van der Waals surface area contributed by atoms with Gasteiger partial charge in [-0.1, -0.05) is 29.8 Å². The molecule has 1 aromatic carbocycles. The standard InChI is InChI=1S/C10H9ClO/c11-9-4-2-1-3-8(9)10(7-12)5-6-10/h1-4,7H,5-6H2. The lowest BCUT2D eigenvalue weighted by Gasteiger charge is -2.08. The highest BCUT2D eigenvalue weighted by molar-refractivity contribution is 6.31. The van der Waals surface area contributed by atoms with Gasteiger partial charge in [0.15, 0.2) is 0 Å². The van der Waals surface area contributed by atoms with E-state index in [4.69, 9.17) is 11.6 Å². The summed E-state index contributed by atoms with van der Waals surface area (Å²) in [5.74, 6) is 0. The number of aldehydes is 1. The molecule has 12 heavy (non-hydrogen) atoms. The van der Waals surface area contributed by atoms with E-state index in [0.29, 0.717) is 5.02 Å². The van der Waals surface area contributed by atoms with E-state index < -0.39 is 0 Å². The van der Waals surface area contributed by atoms with Crippen molar-refractivity contribution in [1.82, 2.24) is 0 Å². The van der Waals surface area contributed by atoms with Crippen LogP contribution in [0.25, 0.3) is 0 Å². The van der Waals surface area contributed by atoms with E-state index in [1.165, 1.54) is 0 Å². The van der Waals surface area contributed by atoms with Crippen molar-refractivity contribution in [3.05, 3.63) is 34.9 Å². The Balaban J connectivity index is 2.46. The Morgan fingerprint density at radius 3 is 2.50 bits per heavy atom. The topological polar surface area (TPSA) is 17.1 Å². The van der Waals surface area contributed by atoms with Crippen LogP contribution in [0.2, 0.25) is 5.02 Å². The van der Waals surface area contributed by atoms with Crippen molar-refractivity contribution in [1.29, 1.82) is 0 Å². The molecule has 0 aliphatic heterocycles. The average molecular weight is 181 g/mol. The van der Waals surface area contributed by atoms with Gasteiger partial charge in [-0.15, -0.1) is 0 Å². The smallest absolute Gasteiger partial charge is 0.130 e. The molecule has 2 heteroatoms. The third-order valence-corrected chi connectivity index (χ3v) is 2.75. The number of benzene rings is 1. The fourth-order valence-corrected chi connectivity index (χ4v) is 1.77. The predicted octanol–water partition coefficient (Wildman–Crippen LogP) is 2.57. The number of halogens is 1. The Hall–Kier alpha value is -0.820. The monoisotopic (exact) mass is 180 g/mol. The second kappa shape index (κ2) is 2.60. The predicted molar refractivity (Wildman–Crippen MR) is 48.4 cm³/mol. The quantitative estimate of drug-likeness (QED) is 0.640. The van der Waals surface area contributed by atoms with Crippen molar-refractivity contribution >= 4 is 17.9 Å². The van der Waals surface area contributed by atoms with E-state index in [1.54, 1.807) is 0 Å². The molecular formula is C10H9ClO. The van der Waals surface area contributed by atoms with Gasteiger partial charge in [0.05, 0.1) is 5.41 Å². The molecule has 0 amide bonds. The normalized spacial score (nSPS) is 18.8. The Bertz CT molecular complexity index is 315. The molecule has 0 atom stereocenters. The molecule has 0 bridgehead atoms. The largest absolute Gasteiger partial charge is 0.302 e. The molecule has 1 aliphatic rings. The Kier molecular flexibility index (Phi) is 1.69. The summed E-state index contributed by atoms with van der Waals surface area (Å²) in [6.07, 6.45) is 2.91. The third kappa shape index (κ3) is 1.05. The number of carbonyl (C=O) groups is 1. The number of hydrogen-bond acceptors (Lipinski definition) is 1. The van der Waals surface area contributed by atoms with Crippen molar-refractivity contribution in [3.63, 3.8) is 0 Å². The first-order chi connectivity index (χ1) is 5.78. The summed E-state index contributed by atoms with van der Waals surface area (Å²) in [5, 5.41) is 0.710. The molecular weight excluding hydrogens is 172 g/mol. The van der Waals surface area contributed by atoms with Crippen molar-refractivity contribution in [2.75, 3.05) is 0 Å². The average Bonchev–Trinajstić information content (AvgIpc) is 2.86. The molecule has 62 valence electrons. The zero-order valence-electron chi connectivity index (χ0n) is 6.59. The SMILES string of the molecule is O=CC1(c2ccccc2Cl)CC1. The second-order valence-electron chi connectivity index (χ2n) is 3.25. The van der Waals surface area contributed by atoms with Crippen LogP contribution >= 0.6 is 11.6 Å². The first-order valence-electron chi connectivity index (χ1n) is 4.00. The Morgan fingerprint density at radius 2 is 2.00 bits per heavy atom. The zero-order chi connectivity index (χ0) is 8.60. The van der Waals surface area contributed by atoms with Crippen LogP contribution in [0.5, 0.6) is 0 Å². The van der Waals surface area contributed by atoms with Gasteiger partial charge >= 0.3 is 0 Å². The first kappa shape index (κ1) is 7.81. The minimum atomic E-state index is -0.238. The summed E-state index contributed by atoms with van der Waals surface area (Å²) >= 11 is 5.97. The maximum atomic E-state index is 10.8. The maximum absolute atomic E-state index is 10.8. The Labute approximate surface area is 76.4 Å². The van der Waals surface area contributed by atoms with Crippen LogP contribution < -0.4 is 0 Å². The molecule has 0 N–H and O–H groups in total. The van der Waals surface area contributed by atoms with Crippen LogP contribution in [0.1, 0.15) is 18.4 Å². The molecule has 0 radical (unpaired) electrons. The molecule has 1 aromatic rings. The van der Waals surface area contributed by atoms with Gasteiger partial charge in [-0.25, -0.2) is 0 Å². The van der Waals surface area contributed by atoms with Gasteiger partial charge in [0, 0.05) is 5.02 Å². The van der Waals surface area contributed by atoms with E-state index in [0.717, 1.165) is 24.7 Å². The highest BCUT2D eigenvalue weighted by atomic mass is 35.5. The van der Waals surface area contributed by atoms with E-state index in [2.05, 4.69) is 0 Å². The van der Waals surface area contributed by atoms with Crippen LogP contribution in [0.15, 0.2) is 24.3 Å². The third-order valence-electron chi connectivity index (χ3n) is 2.42. The van der Waals surface area contributed by atoms with E-state index in [9.17, 15) is 4.79 Å². The van der Waals surface area contributed by atoms with Crippen molar-refractivity contribution < 1.29 is 4.79 Å². The van der Waals surface area contributed by atoms with E-state index in [-0.39, 0.29) is 5.41 Å². The molecule has 1 saturated carbocycles. The molecule has 1 aliphatic carbocycles. The molecule has 0 unspecified atom stereocenters. The summed E-state index contributed by atoms with van der Waals surface area (Å²) in [4.78, 5) is 10.8. The van der Waals surface area contributed by atoms with Gasteiger partial charge < -0.3 is 4.79 Å². The summed E-state index contributed by atoms with van der Waals surface area (Å²) in [6.45, 7) is 0. The van der Waals surface area contributed by atoms with Gasteiger partial charge in [0.25, 0.3) is 0 Å². The fraction of sp³-hybridized carbons (Fsp3) is 0.300. The highest BCUT2D eigenvalue weighted by Crippen LogP contribution is 2.48. The molecule has 0 aromatic heterocycles. The lowest BCUT2D eigenvalue weighted by atomic mass is 9.98.